The normalized spacial score (nSPS) is 10.7. The molecule has 8 nitrogen and oxygen atoms in total. The van der Waals surface area contributed by atoms with Crippen LogP contribution in [0.3, 0.4) is 0 Å². The highest BCUT2D eigenvalue weighted by Crippen LogP contribution is 2.05. The quantitative estimate of drug-likeness (QED) is 0.787. The lowest BCUT2D eigenvalue weighted by Crippen LogP contribution is -2.16. The van der Waals surface area contributed by atoms with Crippen LogP contribution in [0.1, 0.15) is 16.1 Å². The number of carboxylic acid groups (broad SMARTS) is 1. The average Bonchev–Trinajstić information content (AvgIpc) is 2.82. The van der Waals surface area contributed by atoms with E-state index >= 15 is 0 Å². The minimum Gasteiger partial charge on any atom is -0.478 e. The maximum atomic E-state index is 11.9. The molecular formula is C12H11N5O3. The van der Waals surface area contributed by atoms with Crippen LogP contribution in [-0.2, 0) is 11.8 Å². The van der Waals surface area contributed by atoms with E-state index < -0.39 is 11.9 Å². The molecule has 0 fully saturated rings. The summed E-state index contributed by atoms with van der Waals surface area (Å²) in [7, 11) is 1.65. The first-order chi connectivity index (χ1) is 9.56. The number of pyridine rings is 1. The lowest BCUT2D eigenvalue weighted by molar-refractivity contribution is -0.131. The molecule has 0 aliphatic rings. The Hall–Kier alpha value is -3.03. The van der Waals surface area contributed by atoms with Gasteiger partial charge >= 0.3 is 5.97 Å². The Morgan fingerprint density at radius 2 is 2.15 bits per heavy atom. The van der Waals surface area contributed by atoms with Gasteiger partial charge in [0.15, 0.2) is 0 Å². The molecule has 0 saturated carbocycles. The van der Waals surface area contributed by atoms with E-state index in [-0.39, 0.29) is 5.69 Å². The van der Waals surface area contributed by atoms with Gasteiger partial charge < -0.3 is 5.11 Å². The number of rotatable bonds is 4. The molecule has 0 radical (unpaired) electrons. The van der Waals surface area contributed by atoms with E-state index in [1.165, 1.54) is 29.3 Å². The molecular weight excluding hydrogens is 262 g/mol. The molecule has 0 aliphatic carbocycles. The van der Waals surface area contributed by atoms with Crippen LogP contribution in [0.5, 0.6) is 0 Å². The van der Waals surface area contributed by atoms with Gasteiger partial charge in [-0.05, 0) is 17.7 Å². The van der Waals surface area contributed by atoms with Gasteiger partial charge in [-0.1, -0.05) is 6.07 Å². The molecule has 0 aromatic carbocycles. The van der Waals surface area contributed by atoms with Gasteiger partial charge in [-0.3, -0.25) is 15.1 Å². The minimum atomic E-state index is -1.05. The maximum absolute atomic E-state index is 11.9. The Balaban J connectivity index is 2.08. The Kier molecular flexibility index (Phi) is 3.85. The monoisotopic (exact) mass is 273 g/mol. The number of carbonyl (C=O) groups is 2. The van der Waals surface area contributed by atoms with E-state index in [4.69, 9.17) is 5.11 Å². The number of hydrogen-bond acceptors (Lipinski definition) is 5. The van der Waals surface area contributed by atoms with Gasteiger partial charge in [0, 0.05) is 19.3 Å². The summed E-state index contributed by atoms with van der Waals surface area (Å²) in [6, 6.07) is 3.09. The van der Waals surface area contributed by atoms with Crippen molar-refractivity contribution in [2.45, 2.75) is 0 Å². The zero-order valence-corrected chi connectivity index (χ0v) is 10.5. The van der Waals surface area contributed by atoms with Gasteiger partial charge in [0.1, 0.15) is 12.0 Å². The van der Waals surface area contributed by atoms with Crippen molar-refractivity contribution in [2.24, 2.45) is 7.05 Å². The fourth-order valence-corrected chi connectivity index (χ4v) is 1.38. The summed E-state index contributed by atoms with van der Waals surface area (Å²) < 4.78 is 1.42. The van der Waals surface area contributed by atoms with E-state index in [9.17, 15) is 9.59 Å². The summed E-state index contributed by atoms with van der Waals surface area (Å²) in [5.41, 5.74) is 0.781. The van der Waals surface area contributed by atoms with Crippen LogP contribution in [0.4, 0.5) is 5.95 Å². The van der Waals surface area contributed by atoms with Crippen LogP contribution in [0.2, 0.25) is 0 Å². The smallest absolute Gasteiger partial charge is 0.328 e. The largest absolute Gasteiger partial charge is 0.478 e. The van der Waals surface area contributed by atoms with E-state index in [1.54, 1.807) is 13.1 Å². The molecule has 2 aromatic heterocycles. The van der Waals surface area contributed by atoms with Crippen LogP contribution in [-0.4, -0.2) is 36.7 Å². The SMILES string of the molecule is Cn1ncnc1NC(=O)c1ccc(/C=C/C(=O)O)cn1. The van der Waals surface area contributed by atoms with Gasteiger partial charge in [0.05, 0.1) is 0 Å². The summed E-state index contributed by atoms with van der Waals surface area (Å²) >= 11 is 0. The molecule has 0 aliphatic heterocycles. The predicted molar refractivity (Wildman–Crippen MR) is 69.9 cm³/mol. The number of nitrogens with one attached hydrogen (secondary N) is 1. The molecule has 2 heterocycles. The second kappa shape index (κ2) is 5.74. The molecule has 0 atom stereocenters. The minimum absolute atomic E-state index is 0.195. The molecule has 2 aromatic rings. The number of aliphatic carboxylic acids is 1. The Morgan fingerprint density at radius 1 is 1.35 bits per heavy atom. The lowest BCUT2D eigenvalue weighted by Gasteiger charge is -2.03. The van der Waals surface area contributed by atoms with Crippen LogP contribution >= 0.6 is 0 Å². The van der Waals surface area contributed by atoms with Gasteiger partial charge in [0.25, 0.3) is 5.91 Å². The topological polar surface area (TPSA) is 110 Å². The lowest BCUT2D eigenvalue weighted by atomic mass is 10.2. The summed E-state index contributed by atoms with van der Waals surface area (Å²) in [6.07, 6.45) is 5.11. The molecule has 1 amide bonds. The van der Waals surface area contributed by atoms with Crippen LogP contribution in [0.15, 0.2) is 30.7 Å². The standard InChI is InChI=1S/C12H11N5O3/c1-17-12(14-7-15-17)16-11(20)9-4-2-8(6-13-9)3-5-10(18)19/h2-7H,1H3,(H,18,19)(H,14,15,16,20)/b5-3+. The van der Waals surface area contributed by atoms with Gasteiger partial charge in [-0.2, -0.15) is 10.1 Å². The number of aryl methyl sites for hydroxylation is 1. The number of carbonyl (C=O) groups excluding carboxylic acids is 1. The third-order valence-electron chi connectivity index (χ3n) is 2.37. The molecule has 0 bridgehead atoms. The Morgan fingerprint density at radius 3 is 2.70 bits per heavy atom. The van der Waals surface area contributed by atoms with E-state index in [1.807, 2.05) is 0 Å². The van der Waals surface area contributed by atoms with Crippen molar-refractivity contribution in [2.75, 3.05) is 5.32 Å². The summed E-state index contributed by atoms with van der Waals surface area (Å²) in [6.45, 7) is 0. The van der Waals surface area contributed by atoms with E-state index in [0.717, 1.165) is 6.08 Å². The third-order valence-corrected chi connectivity index (χ3v) is 2.37. The van der Waals surface area contributed by atoms with Crippen molar-refractivity contribution in [3.63, 3.8) is 0 Å². The molecule has 102 valence electrons. The van der Waals surface area contributed by atoms with Crippen molar-refractivity contribution < 1.29 is 14.7 Å². The summed E-state index contributed by atoms with van der Waals surface area (Å²) in [5.74, 6) is -1.16. The highest BCUT2D eigenvalue weighted by atomic mass is 16.4. The Labute approximate surface area is 113 Å². The van der Waals surface area contributed by atoms with Crippen molar-refractivity contribution >= 4 is 23.9 Å². The summed E-state index contributed by atoms with van der Waals surface area (Å²) in [4.78, 5) is 30.1. The maximum Gasteiger partial charge on any atom is 0.328 e. The Bertz CT molecular complexity index is 660. The van der Waals surface area contributed by atoms with Gasteiger partial charge in [0.2, 0.25) is 5.95 Å². The molecule has 2 rings (SSSR count). The fourth-order valence-electron chi connectivity index (χ4n) is 1.38. The highest BCUT2D eigenvalue weighted by molar-refractivity contribution is 6.01. The molecule has 8 heteroatoms. The number of carboxylic acids is 1. The first-order valence-electron chi connectivity index (χ1n) is 5.58. The second-order valence-corrected chi connectivity index (χ2v) is 3.81. The first-order valence-corrected chi connectivity index (χ1v) is 5.58. The highest BCUT2D eigenvalue weighted by Gasteiger charge is 2.10. The number of nitrogens with zero attached hydrogens (tertiary/aromatic N) is 4. The van der Waals surface area contributed by atoms with Crippen molar-refractivity contribution in [3.05, 3.63) is 42.0 Å². The fraction of sp³-hybridized carbons (Fsp3) is 0.0833. The zero-order chi connectivity index (χ0) is 14.5. The number of anilines is 1. The molecule has 0 saturated heterocycles. The molecule has 20 heavy (non-hydrogen) atoms. The van der Waals surface area contributed by atoms with Crippen molar-refractivity contribution in [1.82, 2.24) is 19.7 Å². The van der Waals surface area contributed by atoms with E-state index in [0.29, 0.717) is 11.5 Å². The van der Waals surface area contributed by atoms with Crippen LogP contribution in [0.25, 0.3) is 6.08 Å². The van der Waals surface area contributed by atoms with Crippen LogP contribution in [0, 0.1) is 0 Å². The molecule has 0 unspecified atom stereocenters. The van der Waals surface area contributed by atoms with Crippen LogP contribution < -0.4 is 5.32 Å². The third kappa shape index (κ3) is 3.25. The summed E-state index contributed by atoms with van der Waals surface area (Å²) in [5, 5.41) is 14.9. The van der Waals surface area contributed by atoms with E-state index in [2.05, 4.69) is 20.4 Å². The second-order valence-electron chi connectivity index (χ2n) is 3.81. The van der Waals surface area contributed by atoms with Gasteiger partial charge in [-0.25, -0.2) is 9.48 Å². The molecule has 2 N–H and O–H groups in total. The number of aromatic nitrogens is 4. The number of amides is 1. The van der Waals surface area contributed by atoms with Gasteiger partial charge in [-0.15, -0.1) is 0 Å². The first kappa shape index (κ1) is 13.4. The molecule has 0 spiro atoms. The zero-order valence-electron chi connectivity index (χ0n) is 10.5. The number of hydrogen-bond donors (Lipinski definition) is 2. The predicted octanol–water partition coefficient (Wildman–Crippen LogP) is 0.560. The average molecular weight is 273 g/mol. The van der Waals surface area contributed by atoms with Crippen molar-refractivity contribution in [1.29, 1.82) is 0 Å². The van der Waals surface area contributed by atoms with Crippen molar-refractivity contribution in [3.8, 4) is 0 Å².